The number of nitrogens with one attached hydrogen (secondary N) is 1. The number of rotatable bonds is 3. The molecule has 78 valence electrons. The summed E-state index contributed by atoms with van der Waals surface area (Å²) >= 11 is 0. The van der Waals surface area contributed by atoms with E-state index in [9.17, 15) is 9.90 Å². The van der Waals surface area contributed by atoms with Gasteiger partial charge in [0.1, 0.15) is 0 Å². The van der Waals surface area contributed by atoms with E-state index < -0.39 is 5.43 Å². The van der Waals surface area contributed by atoms with Crippen LogP contribution in [-0.2, 0) is 6.61 Å². The molecule has 0 saturated carbocycles. The lowest BCUT2D eigenvalue weighted by atomic mass is 10.0. The molecule has 1 rings (SSSR count). The van der Waals surface area contributed by atoms with Crippen LogP contribution >= 0.6 is 0 Å². The van der Waals surface area contributed by atoms with Crippen molar-refractivity contribution in [2.75, 3.05) is 0 Å². The van der Waals surface area contributed by atoms with Crippen LogP contribution in [0.2, 0.25) is 0 Å². The van der Waals surface area contributed by atoms with Crippen LogP contribution in [0, 0.1) is 0 Å². The van der Waals surface area contributed by atoms with Gasteiger partial charge in [0.15, 0.2) is 5.75 Å². The third-order valence-electron chi connectivity index (χ3n) is 2.44. The van der Waals surface area contributed by atoms with E-state index in [1.54, 1.807) is 0 Å². The number of aromatic amines is 1. The average Bonchev–Trinajstić information content (AvgIpc) is 2.21. The summed E-state index contributed by atoms with van der Waals surface area (Å²) in [5.74, 6) is -0.165. The maximum absolute atomic E-state index is 11.4. The Hall–Kier alpha value is -1.29. The van der Waals surface area contributed by atoms with Crippen molar-refractivity contribution in [2.45, 2.75) is 32.8 Å². The van der Waals surface area contributed by atoms with Crippen molar-refractivity contribution >= 4 is 0 Å². The largest absolute Gasteiger partial charge is 0.503 e. The van der Waals surface area contributed by atoms with Crippen molar-refractivity contribution < 1.29 is 10.2 Å². The lowest BCUT2D eigenvalue weighted by Gasteiger charge is -2.11. The Kier molecular flexibility index (Phi) is 3.30. The van der Waals surface area contributed by atoms with Crippen LogP contribution in [0.15, 0.2) is 11.0 Å². The molecular weight excluding hydrogens is 182 g/mol. The number of hydrogen-bond acceptors (Lipinski definition) is 3. The second kappa shape index (κ2) is 4.28. The van der Waals surface area contributed by atoms with Crippen molar-refractivity contribution in [1.29, 1.82) is 0 Å². The molecule has 4 heteroatoms. The molecule has 0 aliphatic carbocycles. The molecule has 1 heterocycles. The van der Waals surface area contributed by atoms with E-state index in [0.29, 0.717) is 5.69 Å². The Bertz CT molecular complexity index is 370. The molecule has 3 N–H and O–H groups in total. The highest BCUT2D eigenvalue weighted by Gasteiger charge is 2.13. The fraction of sp³-hybridized carbons (Fsp3) is 0.500. The van der Waals surface area contributed by atoms with Crippen LogP contribution < -0.4 is 5.43 Å². The lowest BCUT2D eigenvalue weighted by Crippen LogP contribution is -2.13. The highest BCUT2D eigenvalue weighted by molar-refractivity contribution is 5.32. The third-order valence-corrected chi connectivity index (χ3v) is 2.44. The Morgan fingerprint density at radius 3 is 2.71 bits per heavy atom. The van der Waals surface area contributed by atoms with Crippen molar-refractivity contribution in [3.05, 3.63) is 27.7 Å². The highest BCUT2D eigenvalue weighted by Crippen LogP contribution is 2.22. The zero-order valence-electron chi connectivity index (χ0n) is 8.37. The number of aliphatic hydroxyl groups excluding tert-OH is 1. The second-order valence-electron chi connectivity index (χ2n) is 3.37. The molecule has 4 nitrogen and oxygen atoms in total. The fourth-order valence-electron chi connectivity index (χ4n) is 1.27. The van der Waals surface area contributed by atoms with E-state index >= 15 is 0 Å². The smallest absolute Gasteiger partial charge is 0.228 e. The maximum atomic E-state index is 11.4. The monoisotopic (exact) mass is 197 g/mol. The first-order valence-corrected chi connectivity index (χ1v) is 4.66. The first kappa shape index (κ1) is 10.8. The van der Waals surface area contributed by atoms with Gasteiger partial charge in [-0.25, -0.2) is 0 Å². The molecule has 0 radical (unpaired) electrons. The quantitative estimate of drug-likeness (QED) is 0.679. The summed E-state index contributed by atoms with van der Waals surface area (Å²) < 4.78 is 0. The molecule has 0 unspecified atom stereocenters. The van der Waals surface area contributed by atoms with Crippen LogP contribution in [0.25, 0.3) is 0 Å². The minimum atomic E-state index is -0.485. The van der Waals surface area contributed by atoms with Gasteiger partial charge in [0, 0.05) is 11.8 Å². The summed E-state index contributed by atoms with van der Waals surface area (Å²) in [6.45, 7) is 3.54. The molecule has 1 aromatic rings. The van der Waals surface area contributed by atoms with Crippen LogP contribution in [0.4, 0.5) is 0 Å². The van der Waals surface area contributed by atoms with Gasteiger partial charge in [0.25, 0.3) is 0 Å². The summed E-state index contributed by atoms with van der Waals surface area (Å²) in [5, 5.41) is 18.4. The SMILES string of the molecule is CC[C@H](C)c1[nH]cc(CO)c(=O)c1O. The normalized spacial score (nSPS) is 12.8. The van der Waals surface area contributed by atoms with E-state index in [1.165, 1.54) is 6.20 Å². The zero-order valence-corrected chi connectivity index (χ0v) is 8.37. The highest BCUT2D eigenvalue weighted by atomic mass is 16.3. The van der Waals surface area contributed by atoms with Gasteiger partial charge in [-0.2, -0.15) is 0 Å². The molecule has 1 aromatic heterocycles. The van der Waals surface area contributed by atoms with Crippen LogP contribution in [0.1, 0.15) is 37.4 Å². The summed E-state index contributed by atoms with van der Waals surface area (Å²) in [4.78, 5) is 14.2. The summed E-state index contributed by atoms with van der Waals surface area (Å²) in [5.41, 5.74) is 0.241. The minimum Gasteiger partial charge on any atom is -0.503 e. The molecular formula is C10H15NO3. The Labute approximate surface area is 82.2 Å². The Balaban J connectivity index is 3.24. The van der Waals surface area contributed by atoms with E-state index in [2.05, 4.69) is 4.98 Å². The van der Waals surface area contributed by atoms with Crippen LogP contribution in [0.5, 0.6) is 5.75 Å². The summed E-state index contributed by atoms with van der Waals surface area (Å²) in [7, 11) is 0. The first-order chi connectivity index (χ1) is 6.61. The van der Waals surface area contributed by atoms with Gasteiger partial charge in [0.05, 0.1) is 12.3 Å². The van der Waals surface area contributed by atoms with Gasteiger partial charge in [-0.3, -0.25) is 4.79 Å². The van der Waals surface area contributed by atoms with Gasteiger partial charge < -0.3 is 15.2 Å². The third kappa shape index (κ3) is 1.80. The van der Waals surface area contributed by atoms with Crippen molar-refractivity contribution in [3.8, 4) is 5.75 Å². The molecule has 0 aliphatic rings. The van der Waals surface area contributed by atoms with Gasteiger partial charge in [-0.15, -0.1) is 0 Å². The van der Waals surface area contributed by atoms with Gasteiger partial charge in [-0.1, -0.05) is 13.8 Å². The maximum Gasteiger partial charge on any atom is 0.228 e. The predicted molar refractivity (Wildman–Crippen MR) is 53.4 cm³/mol. The topological polar surface area (TPSA) is 73.3 Å². The standard InChI is InChI=1S/C10H15NO3/c1-3-6(2)8-10(14)9(13)7(5-12)4-11-8/h4,6,12,14H,3,5H2,1-2H3,(H,11,13)/t6-/m0/s1. The number of aromatic hydroxyl groups is 1. The number of pyridine rings is 1. The average molecular weight is 197 g/mol. The second-order valence-corrected chi connectivity index (χ2v) is 3.37. The van der Waals surface area contributed by atoms with E-state index in [1.807, 2.05) is 13.8 Å². The number of aliphatic hydroxyl groups is 1. The van der Waals surface area contributed by atoms with Crippen LogP contribution in [0.3, 0.4) is 0 Å². The minimum absolute atomic E-state index is 0.107. The number of H-pyrrole nitrogens is 1. The van der Waals surface area contributed by atoms with E-state index in [0.717, 1.165) is 6.42 Å². The predicted octanol–water partition coefficient (Wildman–Crippen LogP) is 1.09. The summed E-state index contributed by atoms with van der Waals surface area (Å²) in [6, 6.07) is 0. The number of aromatic nitrogens is 1. The van der Waals surface area contributed by atoms with Gasteiger partial charge in [0.2, 0.25) is 5.43 Å². The molecule has 0 spiro atoms. The summed E-state index contributed by atoms with van der Waals surface area (Å²) in [6.07, 6.45) is 2.28. The zero-order chi connectivity index (χ0) is 10.7. The molecule has 0 amide bonds. The lowest BCUT2D eigenvalue weighted by molar-refractivity contribution is 0.279. The Morgan fingerprint density at radius 1 is 1.57 bits per heavy atom. The molecule has 0 saturated heterocycles. The Morgan fingerprint density at radius 2 is 2.21 bits per heavy atom. The van der Waals surface area contributed by atoms with Crippen molar-refractivity contribution in [1.82, 2.24) is 4.98 Å². The fourth-order valence-corrected chi connectivity index (χ4v) is 1.27. The molecule has 14 heavy (non-hydrogen) atoms. The van der Waals surface area contributed by atoms with Gasteiger partial charge >= 0.3 is 0 Å². The number of hydrogen-bond donors (Lipinski definition) is 3. The molecule has 0 bridgehead atoms. The first-order valence-electron chi connectivity index (χ1n) is 4.66. The van der Waals surface area contributed by atoms with Gasteiger partial charge in [-0.05, 0) is 12.3 Å². The van der Waals surface area contributed by atoms with Crippen LogP contribution in [-0.4, -0.2) is 15.2 Å². The van der Waals surface area contributed by atoms with Crippen molar-refractivity contribution in [2.24, 2.45) is 0 Å². The van der Waals surface area contributed by atoms with E-state index in [4.69, 9.17) is 5.11 Å². The molecule has 0 aromatic carbocycles. The molecule has 0 aliphatic heterocycles. The van der Waals surface area contributed by atoms with E-state index in [-0.39, 0.29) is 23.8 Å². The van der Waals surface area contributed by atoms with Crippen molar-refractivity contribution in [3.63, 3.8) is 0 Å². The molecule has 0 fully saturated rings. The molecule has 1 atom stereocenters.